The number of rotatable bonds is 11. The first kappa shape index (κ1) is 43.4. The lowest BCUT2D eigenvalue weighted by Gasteiger charge is -2.44. The number of carbonyl (C=O) groups is 7. The highest BCUT2D eigenvalue weighted by Crippen LogP contribution is 2.36. The highest BCUT2D eigenvalue weighted by Gasteiger charge is 2.45. The molecule has 1 aromatic heterocycles. The van der Waals surface area contributed by atoms with E-state index in [1.165, 1.54) is 18.2 Å². The molecule has 3 aromatic carbocycles. The molecule has 0 saturated carbocycles. The fourth-order valence-corrected chi connectivity index (χ4v) is 8.58. The Balaban J connectivity index is 0.918. The van der Waals surface area contributed by atoms with Crippen LogP contribution in [0.4, 0.5) is 21.6 Å². The number of hydrogen-bond donors (Lipinski definition) is 4. The maximum absolute atomic E-state index is 14.1. The number of fused-ring (bicyclic) bond motifs is 1. The van der Waals surface area contributed by atoms with Crippen molar-refractivity contribution in [3.05, 3.63) is 104 Å². The Labute approximate surface area is 364 Å². The molecule has 0 spiro atoms. The third-order valence-corrected chi connectivity index (χ3v) is 11.5. The van der Waals surface area contributed by atoms with Gasteiger partial charge in [-0.05, 0) is 75.7 Å². The van der Waals surface area contributed by atoms with E-state index in [9.17, 15) is 38.0 Å². The van der Waals surface area contributed by atoms with Gasteiger partial charge in [0, 0.05) is 78.2 Å². The van der Waals surface area contributed by atoms with Crippen LogP contribution in [0.15, 0.2) is 60.7 Å². The Morgan fingerprint density at radius 3 is 2.39 bits per heavy atom. The first-order chi connectivity index (χ1) is 29.5. The molecular weight excluding hydrogens is 848 g/mol. The van der Waals surface area contributed by atoms with Crippen molar-refractivity contribution in [3.63, 3.8) is 0 Å². The predicted octanol–water partition coefficient (Wildman–Crippen LogP) is 4.86. The van der Waals surface area contributed by atoms with Crippen LogP contribution in [0.3, 0.4) is 0 Å². The van der Waals surface area contributed by atoms with Crippen molar-refractivity contribution in [2.75, 3.05) is 36.0 Å². The Kier molecular flexibility index (Phi) is 12.4. The number of nitrogens with two attached hydrogens (primary N) is 1. The van der Waals surface area contributed by atoms with E-state index in [4.69, 9.17) is 33.7 Å². The van der Waals surface area contributed by atoms with Gasteiger partial charge in [-0.3, -0.25) is 43.8 Å². The van der Waals surface area contributed by atoms with E-state index in [1.54, 1.807) is 53.1 Å². The van der Waals surface area contributed by atoms with E-state index in [0.717, 1.165) is 11.0 Å². The van der Waals surface area contributed by atoms with Crippen molar-refractivity contribution in [1.82, 2.24) is 30.2 Å². The lowest BCUT2D eigenvalue weighted by Crippen LogP contribution is -2.59. The van der Waals surface area contributed by atoms with Crippen molar-refractivity contribution in [3.8, 4) is 5.75 Å². The van der Waals surface area contributed by atoms with E-state index in [2.05, 4.69) is 26.1 Å². The molecule has 0 aliphatic carbocycles. The number of carbonyl (C=O) groups excluding carboxylic acids is 7. The Bertz CT molecular complexity index is 2510. The molecule has 322 valence electrons. The van der Waals surface area contributed by atoms with Gasteiger partial charge in [-0.25, -0.2) is 4.39 Å². The minimum absolute atomic E-state index is 0.00409. The number of piperidine rings is 1. The fraction of sp³-hybridized carbons (Fsp3) is 0.310. The molecule has 0 bridgehead atoms. The number of anilines is 3. The number of ether oxygens (including phenoxy) is 1. The number of benzene rings is 3. The summed E-state index contributed by atoms with van der Waals surface area (Å²) in [6.07, 6.45) is -0.785. The van der Waals surface area contributed by atoms with Crippen molar-refractivity contribution in [2.45, 2.75) is 64.3 Å². The van der Waals surface area contributed by atoms with Crippen molar-refractivity contribution >= 4 is 81.7 Å². The van der Waals surface area contributed by atoms with Gasteiger partial charge in [0.25, 0.3) is 23.6 Å². The topological polar surface area (TPSA) is 226 Å². The molecule has 17 nitrogen and oxygen atoms in total. The molecule has 2 unspecified atom stereocenters. The molecule has 20 heteroatoms. The molecule has 0 radical (unpaired) electrons. The highest BCUT2D eigenvalue weighted by atomic mass is 35.5. The summed E-state index contributed by atoms with van der Waals surface area (Å²) in [5, 5.41) is 15.6. The first-order valence-corrected chi connectivity index (χ1v) is 20.3. The summed E-state index contributed by atoms with van der Waals surface area (Å²) in [6, 6.07) is 12.9. The molecule has 3 aliphatic heterocycles. The third-order valence-electron chi connectivity index (χ3n) is 10.8. The summed E-state index contributed by atoms with van der Waals surface area (Å²) in [5.74, 6) is -4.37. The van der Waals surface area contributed by atoms with Gasteiger partial charge in [-0.2, -0.15) is 0 Å². The number of halogens is 3. The van der Waals surface area contributed by atoms with Crippen molar-refractivity contribution < 1.29 is 42.7 Å². The highest BCUT2D eigenvalue weighted by molar-refractivity contribution is 6.36. The zero-order valence-electron chi connectivity index (χ0n) is 33.5. The molecule has 2 fully saturated rings. The van der Waals surface area contributed by atoms with Crippen LogP contribution in [0, 0.1) is 5.82 Å². The van der Waals surface area contributed by atoms with Crippen LogP contribution in [0.2, 0.25) is 10.0 Å². The van der Waals surface area contributed by atoms with Gasteiger partial charge in [-0.1, -0.05) is 29.3 Å². The van der Waals surface area contributed by atoms with Gasteiger partial charge in [0.15, 0.2) is 17.3 Å². The molecule has 62 heavy (non-hydrogen) atoms. The minimum Gasteiger partial charge on any atom is -0.482 e. The number of hydrogen-bond acceptors (Lipinski definition) is 12. The third kappa shape index (κ3) is 8.60. The average molecular weight is 889 g/mol. The number of amides is 7. The van der Waals surface area contributed by atoms with Crippen LogP contribution in [0.1, 0.15) is 93.3 Å². The number of imide groups is 2. The summed E-state index contributed by atoms with van der Waals surface area (Å²) >= 11 is 12.3. The molecule has 7 amide bonds. The second-order valence-corrected chi connectivity index (χ2v) is 15.9. The molecule has 4 heterocycles. The molecule has 5 N–H and O–H groups in total. The van der Waals surface area contributed by atoms with Gasteiger partial charge in [0.1, 0.15) is 18.0 Å². The Hall–Kier alpha value is -6.66. The quantitative estimate of drug-likeness (QED) is 0.117. The van der Waals surface area contributed by atoms with Crippen molar-refractivity contribution in [2.24, 2.45) is 0 Å². The second kappa shape index (κ2) is 17.7. The zero-order valence-corrected chi connectivity index (χ0v) is 35.1. The van der Waals surface area contributed by atoms with Crippen LogP contribution >= 0.6 is 23.2 Å². The van der Waals surface area contributed by atoms with Gasteiger partial charge < -0.3 is 30.9 Å². The number of nitrogens with one attached hydrogen (secondary N) is 3. The maximum atomic E-state index is 14.1. The van der Waals surface area contributed by atoms with Gasteiger partial charge >= 0.3 is 0 Å². The SMILES string of the molecule is CC(Oc1cc(C(=O)Nc2ccc(C(=O)N3C[C@@H](C)N(C(=O)CCNc4cccc5c4C(=O)N(C4CCC(=O)NC4=O)C5=O)[C@@H](C)C3)cc2)nnc1N)c1c(Cl)ccc(F)c1Cl. The lowest BCUT2D eigenvalue weighted by molar-refractivity contribution is -0.138. The summed E-state index contributed by atoms with van der Waals surface area (Å²) in [4.78, 5) is 95.3. The monoisotopic (exact) mass is 887 g/mol. The molecule has 3 aliphatic rings. The molecule has 4 aromatic rings. The Morgan fingerprint density at radius 1 is 0.984 bits per heavy atom. The standard InChI is InChI=1S/C42H40Cl2FN9O8/c1-20-18-52(19-21(2)53(20)33(56)15-16-47-28-6-4-5-25-35(28)42(61)54(41(25)60)30-13-14-32(55)49-39(30)58)40(59)23-7-9-24(10-8-23)48-38(57)29-17-31(37(46)51-50-29)62-22(3)34-26(43)11-12-27(45)36(34)44/h4-12,17,20-22,30,47H,13-16,18-19H2,1-3H3,(H2,46,51)(H,48,57)(H,49,55,58)/t20-,21+,22?,30?. The summed E-state index contributed by atoms with van der Waals surface area (Å²) in [5.41, 5.74) is 7.27. The van der Waals surface area contributed by atoms with Crippen molar-refractivity contribution in [1.29, 1.82) is 0 Å². The van der Waals surface area contributed by atoms with Crippen LogP contribution in [-0.4, -0.2) is 104 Å². The van der Waals surface area contributed by atoms with E-state index in [1.807, 2.05) is 13.8 Å². The van der Waals surface area contributed by atoms with Crippen LogP contribution in [0.5, 0.6) is 5.75 Å². The second-order valence-electron chi connectivity index (χ2n) is 15.1. The number of nitrogens with zero attached hydrogens (tertiary/aromatic N) is 5. The molecular formula is C42H40Cl2FN9O8. The van der Waals surface area contributed by atoms with E-state index in [-0.39, 0.29) is 107 Å². The van der Waals surface area contributed by atoms with E-state index >= 15 is 0 Å². The lowest BCUT2D eigenvalue weighted by atomic mass is 10.0. The normalized spacial score (nSPS) is 19.2. The summed E-state index contributed by atoms with van der Waals surface area (Å²) in [7, 11) is 0. The van der Waals surface area contributed by atoms with Crippen LogP contribution < -0.4 is 26.4 Å². The molecule has 2 saturated heterocycles. The van der Waals surface area contributed by atoms with Crippen LogP contribution in [0.25, 0.3) is 0 Å². The zero-order chi connectivity index (χ0) is 44.6. The average Bonchev–Trinajstić information content (AvgIpc) is 3.48. The van der Waals surface area contributed by atoms with Crippen LogP contribution in [-0.2, 0) is 14.4 Å². The summed E-state index contributed by atoms with van der Waals surface area (Å²) < 4.78 is 20.0. The number of aromatic nitrogens is 2. The smallest absolute Gasteiger partial charge is 0.276 e. The number of piperazine rings is 1. The van der Waals surface area contributed by atoms with Gasteiger partial charge in [0.05, 0.1) is 16.1 Å². The molecule has 4 atom stereocenters. The minimum atomic E-state index is -1.10. The Morgan fingerprint density at radius 2 is 1.69 bits per heavy atom. The van der Waals surface area contributed by atoms with Gasteiger partial charge in [-0.15, -0.1) is 10.2 Å². The summed E-state index contributed by atoms with van der Waals surface area (Å²) in [6.45, 7) is 5.93. The first-order valence-electron chi connectivity index (χ1n) is 19.6. The largest absolute Gasteiger partial charge is 0.482 e. The predicted molar refractivity (Wildman–Crippen MR) is 224 cm³/mol. The maximum Gasteiger partial charge on any atom is 0.276 e. The number of nitrogen functional groups attached to an aromatic ring is 1. The van der Waals surface area contributed by atoms with E-state index < -0.39 is 47.5 Å². The van der Waals surface area contributed by atoms with E-state index in [0.29, 0.717) is 16.9 Å². The van der Waals surface area contributed by atoms with Gasteiger partial charge in [0.2, 0.25) is 17.7 Å². The molecule has 7 rings (SSSR count). The fourth-order valence-electron chi connectivity index (χ4n) is 7.90.